The highest BCUT2D eigenvalue weighted by atomic mass is 35.5. The molecular weight excluding hydrogens is 298 g/mol. The van der Waals surface area contributed by atoms with Crippen molar-refractivity contribution >= 4 is 12.4 Å². The minimum Gasteiger partial charge on any atom is -0.329 e. The van der Waals surface area contributed by atoms with Crippen molar-refractivity contribution in [2.24, 2.45) is 13.0 Å². The van der Waals surface area contributed by atoms with Gasteiger partial charge in [-0.05, 0) is 38.8 Å². The number of halogens is 1. The van der Waals surface area contributed by atoms with Gasteiger partial charge in [-0.1, -0.05) is 6.92 Å². The van der Waals surface area contributed by atoms with E-state index >= 15 is 0 Å². The number of hydrogen-bond acceptors (Lipinski definition) is 3. The Morgan fingerprint density at radius 3 is 2.64 bits per heavy atom. The number of hydrogen-bond donors (Lipinski definition) is 0. The molecule has 1 unspecified atom stereocenters. The molecule has 1 atom stereocenters. The quantitative estimate of drug-likeness (QED) is 0.868. The van der Waals surface area contributed by atoms with Gasteiger partial charge >= 0.3 is 0 Å². The summed E-state index contributed by atoms with van der Waals surface area (Å²) in [6, 6.07) is 0.544. The van der Waals surface area contributed by atoms with Gasteiger partial charge in [0.05, 0.1) is 24.4 Å². The van der Waals surface area contributed by atoms with Gasteiger partial charge in [0.25, 0.3) is 0 Å². The Morgan fingerprint density at radius 2 is 2.00 bits per heavy atom. The molecule has 0 saturated carbocycles. The molecule has 0 amide bonds. The normalized spacial score (nSPS) is 18.1. The average molecular weight is 324 g/mol. The predicted octanol–water partition coefficient (Wildman–Crippen LogP) is 2.83. The maximum Gasteiger partial charge on any atom is 0.0951 e. The second kappa shape index (κ2) is 7.29. The summed E-state index contributed by atoms with van der Waals surface area (Å²) in [5.41, 5.74) is 2.29. The minimum atomic E-state index is 0. The monoisotopic (exact) mass is 323 g/mol. The Kier molecular flexibility index (Phi) is 5.64. The van der Waals surface area contributed by atoms with Crippen LogP contribution in [0.3, 0.4) is 0 Å². The summed E-state index contributed by atoms with van der Waals surface area (Å²) < 4.78 is 4.09. The van der Waals surface area contributed by atoms with Crippen molar-refractivity contribution in [3.8, 4) is 11.3 Å². The topological polar surface area (TPSA) is 38.9 Å². The summed E-state index contributed by atoms with van der Waals surface area (Å²) in [6.07, 6.45) is 10.5. The molecule has 0 radical (unpaired) electrons. The molecule has 2 aromatic heterocycles. The maximum atomic E-state index is 4.33. The van der Waals surface area contributed by atoms with E-state index in [1.807, 2.05) is 36.6 Å². The summed E-state index contributed by atoms with van der Waals surface area (Å²) >= 11 is 0. The molecule has 0 bridgehead atoms. The van der Waals surface area contributed by atoms with E-state index in [1.165, 1.54) is 25.9 Å². The van der Waals surface area contributed by atoms with Crippen molar-refractivity contribution < 1.29 is 0 Å². The Labute approximate surface area is 138 Å². The van der Waals surface area contributed by atoms with Crippen LogP contribution >= 0.6 is 12.4 Å². The number of likely N-dealkylation sites (tertiary alicyclic amines) is 1. The van der Waals surface area contributed by atoms with E-state index in [0.717, 1.165) is 23.7 Å². The maximum absolute atomic E-state index is 4.33. The zero-order valence-electron chi connectivity index (χ0n) is 13.6. The number of aryl methyl sites for hydroxylation is 1. The van der Waals surface area contributed by atoms with Crippen molar-refractivity contribution in [3.05, 3.63) is 24.9 Å². The van der Waals surface area contributed by atoms with Crippen molar-refractivity contribution in [3.63, 3.8) is 0 Å². The van der Waals surface area contributed by atoms with Crippen LogP contribution < -0.4 is 0 Å². The number of nitrogens with zero attached hydrogens (tertiary/aromatic N) is 5. The van der Waals surface area contributed by atoms with E-state index in [1.54, 1.807) is 0 Å². The van der Waals surface area contributed by atoms with E-state index in [2.05, 4.69) is 33.4 Å². The standard InChI is InChI=1S/C16H25N5.ClH/c1-13-4-6-20(7-5-13)14(2)10-21-12-17-9-16(21)15-8-18-19(3)11-15;/h8-9,11-14H,4-7,10H2,1-3H3;1H. The fourth-order valence-corrected chi connectivity index (χ4v) is 3.13. The number of piperidine rings is 1. The van der Waals surface area contributed by atoms with Crippen molar-refractivity contribution in [1.29, 1.82) is 0 Å². The minimum absolute atomic E-state index is 0. The van der Waals surface area contributed by atoms with Crippen molar-refractivity contribution in [1.82, 2.24) is 24.2 Å². The number of rotatable bonds is 4. The van der Waals surface area contributed by atoms with Gasteiger partial charge in [-0.2, -0.15) is 5.10 Å². The van der Waals surface area contributed by atoms with Gasteiger partial charge in [0.1, 0.15) is 0 Å². The highest BCUT2D eigenvalue weighted by Crippen LogP contribution is 2.21. The zero-order valence-corrected chi connectivity index (χ0v) is 14.5. The summed E-state index contributed by atoms with van der Waals surface area (Å²) in [4.78, 5) is 6.93. The van der Waals surface area contributed by atoms with E-state index in [9.17, 15) is 0 Å². The Hall–Kier alpha value is -1.33. The van der Waals surface area contributed by atoms with Gasteiger partial charge in [0, 0.05) is 31.4 Å². The Balaban J connectivity index is 0.00000176. The molecular formula is C16H26ClN5. The summed E-state index contributed by atoms with van der Waals surface area (Å²) in [5, 5.41) is 4.26. The van der Waals surface area contributed by atoms with Crippen LogP contribution in [0.15, 0.2) is 24.9 Å². The molecule has 1 saturated heterocycles. The van der Waals surface area contributed by atoms with E-state index < -0.39 is 0 Å². The first-order valence-electron chi connectivity index (χ1n) is 7.86. The van der Waals surface area contributed by atoms with Gasteiger partial charge in [0.15, 0.2) is 0 Å². The number of imidazole rings is 1. The second-order valence-electron chi connectivity index (χ2n) is 6.40. The number of aromatic nitrogens is 4. The third-order valence-electron chi connectivity index (χ3n) is 4.62. The molecule has 6 heteroatoms. The molecule has 0 N–H and O–H groups in total. The largest absolute Gasteiger partial charge is 0.329 e. The van der Waals surface area contributed by atoms with Crippen LogP contribution in [-0.4, -0.2) is 43.4 Å². The van der Waals surface area contributed by atoms with Gasteiger partial charge < -0.3 is 4.57 Å². The molecule has 5 nitrogen and oxygen atoms in total. The molecule has 1 aliphatic heterocycles. The van der Waals surface area contributed by atoms with Crippen molar-refractivity contribution in [2.45, 2.75) is 39.3 Å². The summed E-state index contributed by atoms with van der Waals surface area (Å²) in [5.74, 6) is 0.882. The van der Waals surface area contributed by atoms with E-state index in [4.69, 9.17) is 0 Å². The first-order chi connectivity index (χ1) is 10.1. The van der Waals surface area contributed by atoms with Crippen molar-refractivity contribution in [2.75, 3.05) is 13.1 Å². The van der Waals surface area contributed by atoms with E-state index in [-0.39, 0.29) is 12.4 Å². The molecule has 122 valence electrons. The lowest BCUT2D eigenvalue weighted by molar-refractivity contribution is 0.135. The fraction of sp³-hybridized carbons (Fsp3) is 0.625. The molecule has 3 rings (SSSR count). The Morgan fingerprint density at radius 1 is 1.27 bits per heavy atom. The van der Waals surface area contributed by atoms with Crippen LogP contribution in [0, 0.1) is 5.92 Å². The molecule has 0 aliphatic carbocycles. The van der Waals surface area contributed by atoms with Crippen LogP contribution in [0.25, 0.3) is 11.3 Å². The molecule has 1 fully saturated rings. The highest BCUT2D eigenvalue weighted by molar-refractivity contribution is 5.85. The van der Waals surface area contributed by atoms with Gasteiger partial charge in [-0.15, -0.1) is 12.4 Å². The van der Waals surface area contributed by atoms with Gasteiger partial charge in [-0.25, -0.2) is 4.98 Å². The lowest BCUT2D eigenvalue weighted by atomic mass is 9.98. The third kappa shape index (κ3) is 3.70. The van der Waals surface area contributed by atoms with Gasteiger partial charge in [0.2, 0.25) is 0 Å². The van der Waals surface area contributed by atoms with Crippen LogP contribution in [0.2, 0.25) is 0 Å². The van der Waals surface area contributed by atoms with Crippen LogP contribution in [0.1, 0.15) is 26.7 Å². The van der Waals surface area contributed by atoms with E-state index in [0.29, 0.717) is 6.04 Å². The highest BCUT2D eigenvalue weighted by Gasteiger charge is 2.21. The lowest BCUT2D eigenvalue weighted by Gasteiger charge is -2.35. The van der Waals surface area contributed by atoms with Crippen LogP contribution in [-0.2, 0) is 13.6 Å². The summed E-state index contributed by atoms with van der Waals surface area (Å²) in [6.45, 7) is 8.11. The first kappa shape index (κ1) is 17.0. The molecule has 3 heterocycles. The van der Waals surface area contributed by atoms with Crippen LogP contribution in [0.5, 0.6) is 0 Å². The molecule has 0 aromatic carbocycles. The molecule has 1 aliphatic rings. The molecule has 0 spiro atoms. The third-order valence-corrected chi connectivity index (χ3v) is 4.62. The molecule has 22 heavy (non-hydrogen) atoms. The first-order valence-corrected chi connectivity index (χ1v) is 7.86. The second-order valence-corrected chi connectivity index (χ2v) is 6.40. The smallest absolute Gasteiger partial charge is 0.0951 e. The van der Waals surface area contributed by atoms with Crippen LogP contribution in [0.4, 0.5) is 0 Å². The lowest BCUT2D eigenvalue weighted by Crippen LogP contribution is -2.41. The van der Waals surface area contributed by atoms with Gasteiger partial charge in [-0.3, -0.25) is 9.58 Å². The predicted molar refractivity (Wildman–Crippen MR) is 91.1 cm³/mol. The summed E-state index contributed by atoms with van der Waals surface area (Å²) in [7, 11) is 1.95. The average Bonchev–Trinajstić information content (AvgIpc) is 3.08. The molecule has 2 aromatic rings. The zero-order chi connectivity index (χ0) is 14.8. The SMILES string of the molecule is CC1CCN(C(C)Cn2cncc2-c2cnn(C)c2)CC1.Cl. The Bertz CT molecular complexity index is 583. The fourth-order valence-electron chi connectivity index (χ4n) is 3.13.